The molecule has 0 radical (unpaired) electrons. The van der Waals surface area contributed by atoms with Crippen LogP contribution in [0.15, 0.2) is 17.5 Å². The van der Waals surface area contributed by atoms with Gasteiger partial charge in [-0.05, 0) is 6.42 Å². The molecule has 1 heterocycles. The van der Waals surface area contributed by atoms with Gasteiger partial charge in [0.05, 0.1) is 0 Å². The minimum absolute atomic E-state index is 0.222. The van der Waals surface area contributed by atoms with Crippen LogP contribution in [-0.4, -0.2) is 34.6 Å². The maximum absolute atomic E-state index is 8.45. The first kappa shape index (κ1) is 13.2. The van der Waals surface area contributed by atoms with Gasteiger partial charge in [-0.2, -0.15) is 0 Å². The second-order valence-electron chi connectivity index (χ2n) is 3.88. The Hall–Kier alpha value is -1.85. The van der Waals surface area contributed by atoms with E-state index < -0.39 is 0 Å². The van der Waals surface area contributed by atoms with Gasteiger partial charge in [0.1, 0.15) is 18.0 Å². The van der Waals surface area contributed by atoms with Gasteiger partial charge in [0.15, 0.2) is 0 Å². The van der Waals surface area contributed by atoms with E-state index in [1.54, 1.807) is 6.33 Å². The maximum atomic E-state index is 8.45. The molecule has 0 unspecified atom stereocenters. The van der Waals surface area contributed by atoms with Crippen molar-refractivity contribution in [1.29, 1.82) is 0 Å². The van der Waals surface area contributed by atoms with Crippen LogP contribution in [0.5, 0.6) is 0 Å². The summed E-state index contributed by atoms with van der Waals surface area (Å²) in [5.74, 6) is 1.08. The second kappa shape index (κ2) is 6.67. The first-order valence-electron chi connectivity index (χ1n) is 5.65. The molecule has 0 amide bonds. The Morgan fingerprint density at radius 1 is 1.53 bits per heavy atom. The van der Waals surface area contributed by atoms with Crippen LogP contribution in [-0.2, 0) is 6.42 Å². The number of oxime groups is 1. The predicted molar refractivity (Wildman–Crippen MR) is 67.3 cm³/mol. The first-order chi connectivity index (χ1) is 8.17. The van der Waals surface area contributed by atoms with Gasteiger partial charge < -0.3 is 15.8 Å². The number of aryl methyl sites for hydroxylation is 1. The summed E-state index contributed by atoms with van der Waals surface area (Å²) in [7, 11) is 1.92. The summed E-state index contributed by atoms with van der Waals surface area (Å²) >= 11 is 0. The van der Waals surface area contributed by atoms with Gasteiger partial charge in [0, 0.05) is 31.8 Å². The van der Waals surface area contributed by atoms with Crippen LogP contribution in [0.3, 0.4) is 0 Å². The van der Waals surface area contributed by atoms with Crippen LogP contribution >= 0.6 is 0 Å². The fourth-order valence-corrected chi connectivity index (χ4v) is 1.43. The molecule has 1 aromatic rings. The van der Waals surface area contributed by atoms with Gasteiger partial charge in [0.25, 0.3) is 0 Å². The summed E-state index contributed by atoms with van der Waals surface area (Å²) in [6.45, 7) is 2.77. The Morgan fingerprint density at radius 2 is 2.29 bits per heavy atom. The molecule has 0 saturated heterocycles. The van der Waals surface area contributed by atoms with Gasteiger partial charge in [-0.25, -0.2) is 9.97 Å². The van der Waals surface area contributed by atoms with E-state index in [0.29, 0.717) is 13.0 Å². The lowest BCUT2D eigenvalue weighted by molar-refractivity contribution is 0.317. The smallest absolute Gasteiger partial charge is 0.140 e. The summed E-state index contributed by atoms with van der Waals surface area (Å²) in [6, 6.07) is 1.97. The van der Waals surface area contributed by atoms with Crippen LogP contribution in [0.2, 0.25) is 0 Å². The highest BCUT2D eigenvalue weighted by molar-refractivity contribution is 5.80. The summed E-state index contributed by atoms with van der Waals surface area (Å²) in [5, 5.41) is 11.4. The highest BCUT2D eigenvalue weighted by Gasteiger charge is 2.05. The second-order valence-corrected chi connectivity index (χ2v) is 3.88. The molecule has 0 fully saturated rings. The van der Waals surface area contributed by atoms with Crippen molar-refractivity contribution in [3.63, 3.8) is 0 Å². The molecule has 0 bridgehead atoms. The number of anilines is 1. The fourth-order valence-electron chi connectivity index (χ4n) is 1.43. The minimum atomic E-state index is 0.222. The number of hydrogen-bond donors (Lipinski definition) is 2. The van der Waals surface area contributed by atoms with Crippen LogP contribution in [0.1, 0.15) is 25.5 Å². The molecular weight excluding hydrogens is 218 g/mol. The van der Waals surface area contributed by atoms with Crippen LogP contribution in [0, 0.1) is 0 Å². The predicted octanol–water partition coefficient (Wildman–Crippen LogP) is 1.00. The minimum Gasteiger partial charge on any atom is -0.409 e. The average Bonchev–Trinajstić information content (AvgIpc) is 2.36. The highest BCUT2D eigenvalue weighted by Crippen LogP contribution is 2.10. The van der Waals surface area contributed by atoms with E-state index in [0.717, 1.165) is 24.4 Å². The zero-order valence-corrected chi connectivity index (χ0v) is 10.3. The number of hydrogen-bond acceptors (Lipinski definition) is 5. The number of aromatic nitrogens is 2. The maximum Gasteiger partial charge on any atom is 0.140 e. The molecule has 1 rings (SSSR count). The topological polar surface area (TPSA) is 87.6 Å². The van der Waals surface area contributed by atoms with Gasteiger partial charge >= 0.3 is 0 Å². The van der Waals surface area contributed by atoms with Gasteiger partial charge in [-0.15, -0.1) is 0 Å². The largest absolute Gasteiger partial charge is 0.409 e. The van der Waals surface area contributed by atoms with Crippen LogP contribution in [0.25, 0.3) is 0 Å². The molecule has 0 aliphatic carbocycles. The van der Waals surface area contributed by atoms with E-state index in [-0.39, 0.29) is 5.84 Å². The number of nitrogens with zero attached hydrogens (tertiary/aromatic N) is 4. The van der Waals surface area contributed by atoms with E-state index in [9.17, 15) is 0 Å². The molecule has 0 aliphatic rings. The van der Waals surface area contributed by atoms with E-state index in [2.05, 4.69) is 22.0 Å². The Kier molecular flexibility index (Phi) is 5.19. The van der Waals surface area contributed by atoms with Crippen molar-refractivity contribution in [3.8, 4) is 0 Å². The van der Waals surface area contributed by atoms with Crippen molar-refractivity contribution >= 4 is 11.7 Å². The number of nitrogens with two attached hydrogens (primary N) is 1. The molecular formula is C11H19N5O. The summed E-state index contributed by atoms with van der Waals surface area (Å²) in [5.41, 5.74) is 6.45. The van der Waals surface area contributed by atoms with Crippen molar-refractivity contribution < 1.29 is 5.21 Å². The monoisotopic (exact) mass is 237 g/mol. The average molecular weight is 237 g/mol. The van der Waals surface area contributed by atoms with Crippen molar-refractivity contribution in [3.05, 3.63) is 18.1 Å². The standard InChI is InChI=1S/C11H19N5O/c1-3-4-9-7-11(14-8-13-9)16(2)6-5-10(12)15-17/h7-8,17H,3-6H2,1-2H3,(H2,12,15). The molecule has 94 valence electrons. The quantitative estimate of drug-likeness (QED) is 0.333. The third-order valence-corrected chi connectivity index (χ3v) is 2.44. The molecule has 0 atom stereocenters. The van der Waals surface area contributed by atoms with Crippen LogP contribution < -0.4 is 10.6 Å². The Bertz CT molecular complexity index is 380. The van der Waals surface area contributed by atoms with E-state index >= 15 is 0 Å². The number of rotatable bonds is 6. The molecule has 0 aromatic carbocycles. The van der Waals surface area contributed by atoms with E-state index in [1.165, 1.54) is 0 Å². The molecule has 17 heavy (non-hydrogen) atoms. The van der Waals surface area contributed by atoms with E-state index in [4.69, 9.17) is 10.9 Å². The Labute approximate surface area is 101 Å². The fraction of sp³-hybridized carbons (Fsp3) is 0.545. The Morgan fingerprint density at radius 3 is 2.94 bits per heavy atom. The molecule has 6 heteroatoms. The lowest BCUT2D eigenvalue weighted by Crippen LogP contribution is -2.25. The van der Waals surface area contributed by atoms with Crippen LogP contribution in [0.4, 0.5) is 5.82 Å². The summed E-state index contributed by atoms with van der Waals surface area (Å²) in [6.07, 6.45) is 4.08. The van der Waals surface area contributed by atoms with Gasteiger partial charge in [0.2, 0.25) is 0 Å². The molecule has 1 aromatic heterocycles. The normalized spacial score (nSPS) is 11.5. The van der Waals surface area contributed by atoms with Gasteiger partial charge in [-0.3, -0.25) is 0 Å². The zero-order chi connectivity index (χ0) is 12.7. The number of amidine groups is 1. The van der Waals surface area contributed by atoms with Crippen molar-refractivity contribution in [2.75, 3.05) is 18.5 Å². The SMILES string of the molecule is CCCc1cc(N(C)CCC(N)=NO)ncn1. The third kappa shape index (κ3) is 4.26. The van der Waals surface area contributed by atoms with Crippen molar-refractivity contribution in [2.45, 2.75) is 26.2 Å². The lowest BCUT2D eigenvalue weighted by Gasteiger charge is -2.17. The third-order valence-electron chi connectivity index (χ3n) is 2.44. The molecule has 0 aliphatic heterocycles. The summed E-state index contributed by atoms with van der Waals surface area (Å²) in [4.78, 5) is 10.4. The van der Waals surface area contributed by atoms with Crippen molar-refractivity contribution in [1.82, 2.24) is 9.97 Å². The summed E-state index contributed by atoms with van der Waals surface area (Å²) < 4.78 is 0. The van der Waals surface area contributed by atoms with Crippen molar-refractivity contribution in [2.24, 2.45) is 10.9 Å². The molecule has 0 spiro atoms. The highest BCUT2D eigenvalue weighted by atomic mass is 16.4. The molecule has 0 saturated carbocycles. The van der Waals surface area contributed by atoms with E-state index in [1.807, 2.05) is 18.0 Å². The lowest BCUT2D eigenvalue weighted by atomic mass is 10.2. The molecule has 6 nitrogen and oxygen atoms in total. The Balaban J connectivity index is 2.61. The first-order valence-corrected chi connectivity index (χ1v) is 5.65. The van der Waals surface area contributed by atoms with Gasteiger partial charge in [-0.1, -0.05) is 18.5 Å². The molecule has 3 N–H and O–H groups in total. The zero-order valence-electron chi connectivity index (χ0n) is 10.3.